The highest BCUT2D eigenvalue weighted by Gasteiger charge is 2.14. The molecule has 0 aliphatic carbocycles. The summed E-state index contributed by atoms with van der Waals surface area (Å²) in [5.41, 5.74) is 1.35. The molecule has 27 heavy (non-hydrogen) atoms. The number of carbonyl (C=O) groups excluding carboxylic acids is 1. The summed E-state index contributed by atoms with van der Waals surface area (Å²) in [6.45, 7) is 2.36. The summed E-state index contributed by atoms with van der Waals surface area (Å²) in [4.78, 5) is 12.5. The van der Waals surface area contributed by atoms with Crippen molar-refractivity contribution in [1.29, 1.82) is 0 Å². The summed E-state index contributed by atoms with van der Waals surface area (Å²) in [6, 6.07) is 10.4. The molecule has 5 nitrogen and oxygen atoms in total. The number of hydrogen-bond donors (Lipinski definition) is 0. The molecule has 0 fully saturated rings. The van der Waals surface area contributed by atoms with Crippen molar-refractivity contribution in [2.75, 3.05) is 20.8 Å². The molecule has 0 radical (unpaired) electrons. The van der Waals surface area contributed by atoms with Gasteiger partial charge >= 0.3 is 0 Å². The average molecular weight is 387 g/mol. The van der Waals surface area contributed by atoms with Gasteiger partial charge in [-0.1, -0.05) is 17.7 Å². The monoisotopic (exact) mass is 386 g/mol. The molecule has 0 saturated carbocycles. The molecule has 0 bridgehead atoms. The molecule has 0 aliphatic heterocycles. The standard InChI is InChI=1S/C21H19ClO5/c1-4-26-21-19(24-2)9-13(10-20(21)25-3)5-7-16(23)18-12-14-11-15(22)6-8-17(14)27-18/h5-12H,4H2,1-3H3/b7-5+. The van der Waals surface area contributed by atoms with Crippen LogP contribution in [0.15, 0.2) is 46.9 Å². The van der Waals surface area contributed by atoms with Crippen molar-refractivity contribution in [1.82, 2.24) is 0 Å². The lowest BCUT2D eigenvalue weighted by molar-refractivity contribution is 0.102. The average Bonchev–Trinajstić information content (AvgIpc) is 3.10. The molecule has 3 aromatic rings. The second-order valence-electron chi connectivity index (χ2n) is 5.68. The van der Waals surface area contributed by atoms with Gasteiger partial charge in [0.1, 0.15) is 5.58 Å². The molecule has 0 N–H and O–H groups in total. The van der Waals surface area contributed by atoms with E-state index in [4.69, 9.17) is 30.2 Å². The number of ether oxygens (including phenoxy) is 3. The second-order valence-corrected chi connectivity index (χ2v) is 6.11. The van der Waals surface area contributed by atoms with Gasteiger partial charge in [0.15, 0.2) is 17.3 Å². The van der Waals surface area contributed by atoms with Gasteiger partial charge < -0.3 is 18.6 Å². The minimum Gasteiger partial charge on any atom is -0.493 e. The van der Waals surface area contributed by atoms with Crippen LogP contribution in [0.25, 0.3) is 17.0 Å². The van der Waals surface area contributed by atoms with Crippen molar-refractivity contribution < 1.29 is 23.4 Å². The molecule has 2 aromatic carbocycles. The zero-order valence-corrected chi connectivity index (χ0v) is 16.0. The number of rotatable bonds is 7. The molecule has 1 heterocycles. The van der Waals surface area contributed by atoms with E-state index in [9.17, 15) is 4.79 Å². The smallest absolute Gasteiger partial charge is 0.221 e. The van der Waals surface area contributed by atoms with E-state index in [2.05, 4.69) is 0 Å². The van der Waals surface area contributed by atoms with Crippen LogP contribution in [-0.2, 0) is 0 Å². The summed E-state index contributed by atoms with van der Waals surface area (Å²) < 4.78 is 21.9. The van der Waals surface area contributed by atoms with Crippen molar-refractivity contribution in [2.24, 2.45) is 0 Å². The van der Waals surface area contributed by atoms with E-state index in [-0.39, 0.29) is 11.5 Å². The Hall–Kier alpha value is -2.92. The first-order valence-corrected chi connectivity index (χ1v) is 8.73. The Labute approximate surface area is 162 Å². The SMILES string of the molecule is CCOc1c(OC)cc(/C=C/C(=O)c2cc3cc(Cl)ccc3o2)cc1OC. The van der Waals surface area contributed by atoms with Gasteiger partial charge in [-0.2, -0.15) is 0 Å². The van der Waals surface area contributed by atoms with Gasteiger partial charge in [-0.15, -0.1) is 0 Å². The number of benzene rings is 2. The third-order valence-corrected chi connectivity index (χ3v) is 4.16. The number of hydrogen-bond acceptors (Lipinski definition) is 5. The Bertz CT molecular complexity index is 978. The Morgan fingerprint density at radius 1 is 1.11 bits per heavy atom. The molecule has 3 rings (SSSR count). The summed E-state index contributed by atoms with van der Waals surface area (Å²) in [6.07, 6.45) is 3.11. The van der Waals surface area contributed by atoms with Gasteiger partial charge in [-0.25, -0.2) is 0 Å². The van der Waals surface area contributed by atoms with Crippen LogP contribution in [-0.4, -0.2) is 26.6 Å². The maximum atomic E-state index is 12.5. The maximum absolute atomic E-state index is 12.5. The van der Waals surface area contributed by atoms with Crippen molar-refractivity contribution in [3.8, 4) is 17.2 Å². The predicted octanol–water partition coefficient (Wildman–Crippen LogP) is 5.40. The normalized spacial score (nSPS) is 11.1. The topological polar surface area (TPSA) is 57.9 Å². The number of allylic oxidation sites excluding steroid dienone is 1. The number of carbonyl (C=O) groups is 1. The molecule has 0 saturated heterocycles. The first-order valence-electron chi connectivity index (χ1n) is 8.36. The first-order chi connectivity index (χ1) is 13.0. The van der Waals surface area contributed by atoms with E-state index in [0.717, 1.165) is 10.9 Å². The van der Waals surface area contributed by atoms with Crippen LogP contribution in [0, 0.1) is 0 Å². The van der Waals surface area contributed by atoms with Crippen LogP contribution >= 0.6 is 11.6 Å². The van der Waals surface area contributed by atoms with Crippen LogP contribution in [0.1, 0.15) is 23.0 Å². The number of fused-ring (bicyclic) bond motifs is 1. The lowest BCUT2D eigenvalue weighted by Gasteiger charge is -2.14. The second kappa shape index (κ2) is 8.18. The minimum absolute atomic E-state index is 0.244. The van der Waals surface area contributed by atoms with E-state index in [1.807, 2.05) is 6.92 Å². The molecule has 0 atom stereocenters. The van der Waals surface area contributed by atoms with Gasteiger partial charge in [0.25, 0.3) is 0 Å². The Kier molecular flexibility index (Phi) is 5.72. The molecular formula is C21H19ClO5. The first kappa shape index (κ1) is 18.9. The molecule has 1 aromatic heterocycles. The molecule has 140 valence electrons. The van der Waals surface area contributed by atoms with E-state index in [1.165, 1.54) is 6.08 Å². The van der Waals surface area contributed by atoms with Crippen molar-refractivity contribution in [3.63, 3.8) is 0 Å². The lowest BCUT2D eigenvalue weighted by Crippen LogP contribution is -1.99. The third kappa shape index (κ3) is 4.09. The summed E-state index contributed by atoms with van der Waals surface area (Å²) in [5.74, 6) is 1.58. The van der Waals surface area contributed by atoms with Crippen LogP contribution in [0.3, 0.4) is 0 Å². The Morgan fingerprint density at radius 3 is 2.44 bits per heavy atom. The van der Waals surface area contributed by atoms with E-state index < -0.39 is 0 Å². The number of furan rings is 1. The Morgan fingerprint density at radius 2 is 1.81 bits per heavy atom. The zero-order chi connectivity index (χ0) is 19.4. The molecule has 0 aliphatic rings. The fourth-order valence-corrected chi connectivity index (χ4v) is 2.85. The van der Waals surface area contributed by atoms with Crippen LogP contribution in [0.5, 0.6) is 17.2 Å². The largest absolute Gasteiger partial charge is 0.493 e. The molecule has 0 unspecified atom stereocenters. The fraction of sp³-hybridized carbons (Fsp3) is 0.190. The van der Waals surface area contributed by atoms with Crippen molar-refractivity contribution >= 4 is 34.4 Å². The lowest BCUT2D eigenvalue weighted by atomic mass is 10.1. The van der Waals surface area contributed by atoms with Crippen LogP contribution in [0.2, 0.25) is 5.02 Å². The van der Waals surface area contributed by atoms with E-state index in [1.54, 1.807) is 56.7 Å². The summed E-state index contributed by atoms with van der Waals surface area (Å²) in [5, 5.41) is 1.37. The summed E-state index contributed by atoms with van der Waals surface area (Å²) in [7, 11) is 3.10. The molecular weight excluding hydrogens is 368 g/mol. The predicted molar refractivity (Wildman–Crippen MR) is 105 cm³/mol. The molecule has 6 heteroatoms. The number of methoxy groups -OCH3 is 2. The van der Waals surface area contributed by atoms with Crippen LogP contribution in [0.4, 0.5) is 0 Å². The van der Waals surface area contributed by atoms with Crippen molar-refractivity contribution in [3.05, 3.63) is 58.8 Å². The fourth-order valence-electron chi connectivity index (χ4n) is 2.67. The van der Waals surface area contributed by atoms with Gasteiger partial charge in [-0.05, 0) is 55.0 Å². The highest BCUT2D eigenvalue weighted by atomic mass is 35.5. The van der Waals surface area contributed by atoms with Gasteiger partial charge in [0.05, 0.1) is 20.8 Å². The molecule has 0 spiro atoms. The highest BCUT2D eigenvalue weighted by Crippen LogP contribution is 2.39. The third-order valence-electron chi connectivity index (χ3n) is 3.92. The summed E-state index contributed by atoms with van der Waals surface area (Å²) >= 11 is 5.97. The minimum atomic E-state index is -0.255. The number of ketones is 1. The Balaban J connectivity index is 1.88. The zero-order valence-electron chi connectivity index (χ0n) is 15.2. The quantitative estimate of drug-likeness (QED) is 0.402. The highest BCUT2D eigenvalue weighted by molar-refractivity contribution is 6.31. The maximum Gasteiger partial charge on any atom is 0.221 e. The van der Waals surface area contributed by atoms with E-state index in [0.29, 0.717) is 34.5 Å². The molecule has 0 amide bonds. The number of halogens is 1. The van der Waals surface area contributed by atoms with Crippen LogP contribution < -0.4 is 14.2 Å². The van der Waals surface area contributed by atoms with Gasteiger partial charge in [-0.3, -0.25) is 4.79 Å². The van der Waals surface area contributed by atoms with Gasteiger partial charge in [0.2, 0.25) is 11.5 Å². The van der Waals surface area contributed by atoms with E-state index >= 15 is 0 Å². The van der Waals surface area contributed by atoms with Crippen molar-refractivity contribution in [2.45, 2.75) is 6.92 Å². The van der Waals surface area contributed by atoms with Gasteiger partial charge in [0, 0.05) is 10.4 Å².